The highest BCUT2D eigenvalue weighted by Crippen LogP contribution is 2.47. The zero-order chi connectivity index (χ0) is 27.9. The van der Waals surface area contributed by atoms with Crippen LogP contribution in [-0.2, 0) is 20.9 Å². The number of hydrogen-bond donors (Lipinski definition) is 1. The first-order valence-electron chi connectivity index (χ1n) is 14.3. The van der Waals surface area contributed by atoms with E-state index in [1.165, 1.54) is 30.5 Å². The third kappa shape index (κ3) is 5.41. The predicted octanol–water partition coefficient (Wildman–Crippen LogP) is 4.87. The van der Waals surface area contributed by atoms with Gasteiger partial charge >= 0.3 is 5.97 Å². The Morgan fingerprint density at radius 3 is 2.52 bits per heavy atom. The third-order valence-corrected chi connectivity index (χ3v) is 8.94. The van der Waals surface area contributed by atoms with Crippen LogP contribution in [0.2, 0.25) is 0 Å². The van der Waals surface area contributed by atoms with Crippen LogP contribution >= 0.6 is 0 Å². The fraction of sp³-hybridized carbons (Fsp3) is 0.548. The molecular weight excluding hydrogens is 513 g/mol. The average Bonchev–Trinajstić information content (AvgIpc) is 3.68. The summed E-state index contributed by atoms with van der Waals surface area (Å²) in [5.41, 5.74) is 3.58. The number of likely N-dealkylation sites (tertiary alicyclic amines) is 2. The molecule has 0 amide bonds. The first kappa shape index (κ1) is 27.0. The van der Waals surface area contributed by atoms with Gasteiger partial charge in [-0.25, -0.2) is 4.39 Å². The highest BCUT2D eigenvalue weighted by atomic mass is 19.1. The molecule has 0 radical (unpaired) electrons. The molecule has 0 bridgehead atoms. The lowest BCUT2D eigenvalue weighted by molar-refractivity contribution is -0.150. The fourth-order valence-electron chi connectivity index (χ4n) is 6.18. The first-order valence-corrected chi connectivity index (χ1v) is 14.3. The molecule has 0 aromatic heterocycles. The van der Waals surface area contributed by atoms with Crippen molar-refractivity contribution in [1.82, 2.24) is 9.80 Å². The summed E-state index contributed by atoms with van der Waals surface area (Å²) >= 11 is 0. The Hall–Kier alpha value is -3.17. The standard InChI is InChI=1S/C31H38FN3O5/c1-30(29(36)37)9-11-35(12-10-30)28-17-31(40-33-28)19-34(20-31)18-23-15-25(21-3-4-21)26(16-27(23)39-14-13-38-2)22-5-7-24(32)8-6-22/h5-8,15-16,21H,3-4,9-14,17-20H2,1-2H3,(H,36,37). The van der Waals surface area contributed by atoms with Crippen molar-refractivity contribution < 1.29 is 28.6 Å². The minimum absolute atomic E-state index is 0.239. The second kappa shape index (κ2) is 10.7. The molecule has 1 N–H and O–H groups in total. The molecule has 1 spiro atoms. The Balaban J connectivity index is 1.13. The van der Waals surface area contributed by atoms with Gasteiger partial charge in [-0.2, -0.15) is 0 Å². The van der Waals surface area contributed by atoms with Gasteiger partial charge in [-0.05, 0) is 79.5 Å². The summed E-state index contributed by atoms with van der Waals surface area (Å²) in [6, 6.07) is 11.1. The zero-order valence-electron chi connectivity index (χ0n) is 23.3. The van der Waals surface area contributed by atoms with Gasteiger partial charge in [-0.1, -0.05) is 17.3 Å². The summed E-state index contributed by atoms with van der Waals surface area (Å²) in [6.07, 6.45) is 4.31. The average molecular weight is 552 g/mol. The molecule has 2 aromatic rings. The Morgan fingerprint density at radius 1 is 1.15 bits per heavy atom. The van der Waals surface area contributed by atoms with Crippen LogP contribution in [0.3, 0.4) is 0 Å². The molecule has 3 heterocycles. The van der Waals surface area contributed by atoms with Gasteiger partial charge in [0, 0.05) is 45.4 Å². The molecule has 214 valence electrons. The molecule has 3 fully saturated rings. The van der Waals surface area contributed by atoms with E-state index in [1.807, 2.05) is 19.1 Å². The van der Waals surface area contributed by atoms with Crippen molar-refractivity contribution in [2.75, 3.05) is 46.5 Å². The highest BCUT2D eigenvalue weighted by Gasteiger charge is 2.51. The SMILES string of the molecule is COCCOc1cc(-c2ccc(F)cc2)c(C2CC2)cc1CN1CC2(CC(N3CCC(C)(C(=O)O)CC3)=NO2)C1. The number of piperidine rings is 1. The Morgan fingerprint density at radius 2 is 1.88 bits per heavy atom. The maximum Gasteiger partial charge on any atom is 0.309 e. The van der Waals surface area contributed by atoms with E-state index in [-0.39, 0.29) is 11.4 Å². The molecular formula is C31H38FN3O5. The minimum atomic E-state index is -0.719. The maximum absolute atomic E-state index is 13.6. The smallest absolute Gasteiger partial charge is 0.309 e. The molecule has 6 rings (SSSR count). The molecule has 2 aromatic carbocycles. The Labute approximate surface area is 234 Å². The summed E-state index contributed by atoms with van der Waals surface area (Å²) < 4.78 is 25.1. The number of amidine groups is 1. The molecule has 0 unspecified atom stereocenters. The Bertz CT molecular complexity index is 1280. The van der Waals surface area contributed by atoms with Crippen LogP contribution in [0.15, 0.2) is 41.6 Å². The van der Waals surface area contributed by atoms with Crippen molar-refractivity contribution in [3.8, 4) is 16.9 Å². The van der Waals surface area contributed by atoms with E-state index in [0.717, 1.165) is 54.3 Å². The van der Waals surface area contributed by atoms with Gasteiger partial charge in [0.2, 0.25) is 0 Å². The van der Waals surface area contributed by atoms with Crippen LogP contribution in [0.4, 0.5) is 4.39 Å². The number of carboxylic acids is 1. The van der Waals surface area contributed by atoms with Gasteiger partial charge in [0.1, 0.15) is 24.0 Å². The number of ether oxygens (including phenoxy) is 2. The van der Waals surface area contributed by atoms with Crippen LogP contribution in [-0.4, -0.2) is 78.8 Å². The third-order valence-electron chi connectivity index (χ3n) is 8.94. The van der Waals surface area contributed by atoms with Crippen LogP contribution < -0.4 is 4.74 Å². The van der Waals surface area contributed by atoms with E-state index in [4.69, 9.17) is 14.3 Å². The number of hydrogen-bond acceptors (Lipinski definition) is 7. The lowest BCUT2D eigenvalue weighted by atomic mass is 9.80. The van der Waals surface area contributed by atoms with Gasteiger partial charge in [0.25, 0.3) is 0 Å². The zero-order valence-corrected chi connectivity index (χ0v) is 23.3. The van der Waals surface area contributed by atoms with Crippen molar-refractivity contribution in [3.05, 3.63) is 53.3 Å². The van der Waals surface area contributed by atoms with Crippen molar-refractivity contribution >= 4 is 11.8 Å². The first-order chi connectivity index (χ1) is 19.3. The number of benzene rings is 2. The van der Waals surface area contributed by atoms with E-state index in [9.17, 15) is 14.3 Å². The van der Waals surface area contributed by atoms with Gasteiger partial charge in [0.15, 0.2) is 5.60 Å². The number of aliphatic carboxylic acids is 1. The molecule has 9 heteroatoms. The number of carbonyl (C=O) groups is 1. The highest BCUT2D eigenvalue weighted by molar-refractivity contribution is 5.85. The Kier molecular flexibility index (Phi) is 7.21. The quantitative estimate of drug-likeness (QED) is 0.445. The van der Waals surface area contributed by atoms with E-state index < -0.39 is 11.4 Å². The number of nitrogens with zero attached hydrogens (tertiary/aromatic N) is 3. The monoisotopic (exact) mass is 551 g/mol. The summed E-state index contributed by atoms with van der Waals surface area (Å²) in [5.74, 6) is 1.34. The normalized spacial score (nSPS) is 21.6. The van der Waals surface area contributed by atoms with Crippen molar-refractivity contribution in [1.29, 1.82) is 0 Å². The fourth-order valence-corrected chi connectivity index (χ4v) is 6.18. The molecule has 4 aliphatic rings. The molecule has 1 aliphatic carbocycles. The van der Waals surface area contributed by atoms with E-state index in [1.54, 1.807) is 7.11 Å². The summed E-state index contributed by atoms with van der Waals surface area (Å²) in [5, 5.41) is 14.0. The lowest BCUT2D eigenvalue weighted by Crippen LogP contribution is -2.61. The maximum atomic E-state index is 13.6. The predicted molar refractivity (Wildman–Crippen MR) is 149 cm³/mol. The molecule has 1 saturated carbocycles. The molecule has 2 saturated heterocycles. The van der Waals surface area contributed by atoms with Crippen molar-refractivity contribution in [2.45, 2.75) is 57.1 Å². The van der Waals surface area contributed by atoms with Crippen LogP contribution in [0.5, 0.6) is 5.75 Å². The van der Waals surface area contributed by atoms with Crippen molar-refractivity contribution in [3.63, 3.8) is 0 Å². The van der Waals surface area contributed by atoms with Gasteiger partial charge < -0.3 is 24.3 Å². The molecule has 40 heavy (non-hydrogen) atoms. The molecule has 3 aliphatic heterocycles. The number of oxime groups is 1. The summed E-state index contributed by atoms with van der Waals surface area (Å²) in [4.78, 5) is 22.1. The summed E-state index contributed by atoms with van der Waals surface area (Å²) in [6.45, 7) is 6.46. The minimum Gasteiger partial charge on any atom is -0.491 e. The largest absolute Gasteiger partial charge is 0.491 e. The molecule has 8 nitrogen and oxygen atoms in total. The lowest BCUT2D eigenvalue weighted by Gasteiger charge is -2.46. The van der Waals surface area contributed by atoms with Crippen LogP contribution in [0.25, 0.3) is 11.1 Å². The number of methoxy groups -OCH3 is 1. The summed E-state index contributed by atoms with van der Waals surface area (Å²) in [7, 11) is 1.66. The van der Waals surface area contributed by atoms with Crippen LogP contribution in [0, 0.1) is 11.2 Å². The second-order valence-electron chi connectivity index (χ2n) is 12.1. The van der Waals surface area contributed by atoms with Gasteiger partial charge in [-0.3, -0.25) is 9.69 Å². The van der Waals surface area contributed by atoms with E-state index in [2.05, 4.69) is 27.1 Å². The number of rotatable bonds is 9. The van der Waals surface area contributed by atoms with E-state index >= 15 is 0 Å². The van der Waals surface area contributed by atoms with Gasteiger partial charge in [0.05, 0.1) is 18.4 Å². The number of carboxylic acid groups (broad SMARTS) is 1. The van der Waals surface area contributed by atoms with Gasteiger partial charge in [-0.15, -0.1) is 0 Å². The second-order valence-corrected chi connectivity index (χ2v) is 12.1. The van der Waals surface area contributed by atoms with Crippen molar-refractivity contribution in [2.24, 2.45) is 10.6 Å². The van der Waals surface area contributed by atoms with Crippen LogP contribution in [0.1, 0.15) is 56.1 Å². The number of halogens is 1. The molecule has 0 atom stereocenters. The van der Waals surface area contributed by atoms with E-state index in [0.29, 0.717) is 45.1 Å². The topological polar surface area (TPSA) is 83.8 Å².